The van der Waals surface area contributed by atoms with E-state index < -0.39 is 0 Å². The number of carbonyl (C=O) groups excluding carboxylic acids is 2. The average Bonchev–Trinajstić information content (AvgIpc) is 2.94. The number of amides is 2. The summed E-state index contributed by atoms with van der Waals surface area (Å²) in [5, 5.41) is 6.50. The number of ketones is 1. The standard InChI is InChI=1S/C16H28N2O2S/c1-11(2)6-5-8-12(19)7-3-4-9-14-15-13(10-21-14)17-16(20)18-15/h11,13-15H,3-10H2,1-2H3,(H2,17,18,20)/t13-,14-,15-/m0/s1. The molecule has 5 heteroatoms. The van der Waals surface area contributed by atoms with Gasteiger partial charge in [-0.3, -0.25) is 4.79 Å². The summed E-state index contributed by atoms with van der Waals surface area (Å²) in [5.41, 5.74) is 0. The van der Waals surface area contributed by atoms with Crippen molar-refractivity contribution in [2.24, 2.45) is 5.92 Å². The molecule has 0 unspecified atom stereocenters. The van der Waals surface area contributed by atoms with Crippen molar-refractivity contribution < 1.29 is 9.59 Å². The van der Waals surface area contributed by atoms with E-state index in [1.807, 2.05) is 11.8 Å². The van der Waals surface area contributed by atoms with Crippen LogP contribution in [0.4, 0.5) is 4.79 Å². The molecule has 4 nitrogen and oxygen atoms in total. The fourth-order valence-corrected chi connectivity index (χ4v) is 4.69. The summed E-state index contributed by atoms with van der Waals surface area (Å²) in [4.78, 5) is 23.1. The molecule has 2 rings (SSSR count). The van der Waals surface area contributed by atoms with Gasteiger partial charge in [-0.05, 0) is 25.2 Å². The minimum absolute atomic E-state index is 0.0179. The van der Waals surface area contributed by atoms with Crippen molar-refractivity contribution in [1.29, 1.82) is 0 Å². The van der Waals surface area contributed by atoms with Gasteiger partial charge in [-0.1, -0.05) is 26.7 Å². The second-order valence-corrected chi connectivity index (χ2v) is 7.96. The van der Waals surface area contributed by atoms with E-state index in [0.717, 1.165) is 50.7 Å². The maximum absolute atomic E-state index is 11.8. The van der Waals surface area contributed by atoms with Gasteiger partial charge in [0, 0.05) is 23.8 Å². The average molecular weight is 312 g/mol. The Bertz CT molecular complexity index is 373. The molecule has 2 N–H and O–H groups in total. The predicted molar refractivity (Wildman–Crippen MR) is 87.7 cm³/mol. The van der Waals surface area contributed by atoms with Crippen LogP contribution in [0.1, 0.15) is 58.8 Å². The zero-order valence-corrected chi connectivity index (χ0v) is 14.0. The smallest absolute Gasteiger partial charge is 0.315 e. The fraction of sp³-hybridized carbons (Fsp3) is 0.875. The van der Waals surface area contributed by atoms with Gasteiger partial charge in [-0.15, -0.1) is 0 Å². The highest BCUT2D eigenvalue weighted by Gasteiger charge is 2.42. The Hall–Kier alpha value is -0.710. The highest BCUT2D eigenvalue weighted by Crippen LogP contribution is 2.33. The van der Waals surface area contributed by atoms with Gasteiger partial charge in [-0.2, -0.15) is 11.8 Å². The van der Waals surface area contributed by atoms with Gasteiger partial charge in [-0.25, -0.2) is 4.79 Å². The molecule has 3 atom stereocenters. The molecule has 2 amide bonds. The second-order valence-electron chi connectivity index (χ2n) is 6.69. The summed E-state index contributed by atoms with van der Waals surface area (Å²) in [7, 11) is 0. The van der Waals surface area contributed by atoms with Crippen LogP contribution < -0.4 is 10.6 Å². The van der Waals surface area contributed by atoms with Gasteiger partial charge in [0.25, 0.3) is 0 Å². The van der Waals surface area contributed by atoms with Crippen LogP contribution in [0.15, 0.2) is 0 Å². The molecule has 2 aliphatic rings. The molecule has 0 radical (unpaired) electrons. The molecule has 120 valence electrons. The van der Waals surface area contributed by atoms with Gasteiger partial charge in [0.1, 0.15) is 5.78 Å². The molecule has 0 bridgehead atoms. The SMILES string of the molecule is CC(C)CCCC(=O)CCCC[C@@H]1SC[C@@H]2NC(=O)N[C@@H]21. The van der Waals surface area contributed by atoms with Crippen molar-refractivity contribution in [3.05, 3.63) is 0 Å². The number of Topliss-reactive ketones (excluding diaryl/α,β-unsaturated/α-hetero) is 1. The van der Waals surface area contributed by atoms with E-state index in [-0.39, 0.29) is 6.03 Å². The molecule has 0 aromatic heterocycles. The number of urea groups is 1. The summed E-state index contributed by atoms with van der Waals surface area (Å²) in [6.45, 7) is 4.40. The highest BCUT2D eigenvalue weighted by molar-refractivity contribution is 8.00. The van der Waals surface area contributed by atoms with Crippen LogP contribution in [-0.4, -0.2) is 34.9 Å². The van der Waals surface area contributed by atoms with Crippen LogP contribution in [0, 0.1) is 5.92 Å². The first kappa shape index (κ1) is 16.7. The number of thioether (sulfide) groups is 1. The van der Waals surface area contributed by atoms with E-state index in [9.17, 15) is 9.59 Å². The first-order chi connectivity index (χ1) is 10.1. The van der Waals surface area contributed by atoms with Crippen molar-refractivity contribution in [3.63, 3.8) is 0 Å². The molecule has 2 heterocycles. The van der Waals surface area contributed by atoms with E-state index in [0.29, 0.717) is 29.0 Å². The van der Waals surface area contributed by atoms with Gasteiger partial charge in [0.15, 0.2) is 0 Å². The van der Waals surface area contributed by atoms with E-state index in [1.54, 1.807) is 0 Å². The molecular weight excluding hydrogens is 284 g/mol. The van der Waals surface area contributed by atoms with Gasteiger partial charge in [0.05, 0.1) is 12.1 Å². The molecule has 0 aliphatic carbocycles. The summed E-state index contributed by atoms with van der Waals surface area (Å²) in [6, 6.07) is 0.588. The number of carbonyl (C=O) groups is 2. The van der Waals surface area contributed by atoms with Gasteiger partial charge in [0.2, 0.25) is 0 Å². The number of hydrogen-bond acceptors (Lipinski definition) is 3. The van der Waals surface area contributed by atoms with E-state index in [1.165, 1.54) is 0 Å². The van der Waals surface area contributed by atoms with E-state index in [2.05, 4.69) is 24.5 Å². The van der Waals surface area contributed by atoms with Crippen LogP contribution in [-0.2, 0) is 4.79 Å². The van der Waals surface area contributed by atoms with Crippen LogP contribution in [0.3, 0.4) is 0 Å². The maximum atomic E-state index is 11.8. The third-order valence-corrected chi connectivity index (χ3v) is 5.88. The minimum Gasteiger partial charge on any atom is -0.332 e. The Morgan fingerprint density at radius 2 is 2.00 bits per heavy atom. The van der Waals surface area contributed by atoms with E-state index >= 15 is 0 Å². The molecule has 0 aromatic carbocycles. The summed E-state index contributed by atoms with van der Waals surface area (Å²) < 4.78 is 0. The number of unbranched alkanes of at least 4 members (excludes halogenated alkanes) is 1. The third-order valence-electron chi connectivity index (χ3n) is 4.37. The first-order valence-corrected chi connectivity index (χ1v) is 9.31. The van der Waals surface area contributed by atoms with Gasteiger partial charge >= 0.3 is 6.03 Å². The third kappa shape index (κ3) is 5.20. The lowest BCUT2D eigenvalue weighted by atomic mass is 10.00. The van der Waals surface area contributed by atoms with E-state index in [4.69, 9.17) is 0 Å². The maximum Gasteiger partial charge on any atom is 0.315 e. The highest BCUT2D eigenvalue weighted by atomic mass is 32.2. The zero-order chi connectivity index (χ0) is 15.2. The number of fused-ring (bicyclic) bond motifs is 1. The predicted octanol–water partition coefficient (Wildman–Crippen LogP) is 3.11. The van der Waals surface area contributed by atoms with Crippen LogP contribution in [0.2, 0.25) is 0 Å². The Kier molecular flexibility index (Phi) is 6.40. The molecule has 21 heavy (non-hydrogen) atoms. The normalized spacial score (nSPS) is 27.6. The Morgan fingerprint density at radius 3 is 2.76 bits per heavy atom. The molecule has 0 spiro atoms. The second kappa shape index (κ2) is 8.06. The molecule has 0 saturated carbocycles. The van der Waals surface area contributed by atoms with Crippen molar-refractivity contribution in [1.82, 2.24) is 10.6 Å². The Balaban J connectivity index is 1.54. The quantitative estimate of drug-likeness (QED) is 0.508. The molecular formula is C16H28N2O2S. The lowest BCUT2D eigenvalue weighted by Crippen LogP contribution is -2.36. The largest absolute Gasteiger partial charge is 0.332 e. The lowest BCUT2D eigenvalue weighted by Gasteiger charge is -2.16. The number of hydrogen-bond donors (Lipinski definition) is 2. The van der Waals surface area contributed by atoms with Crippen molar-refractivity contribution in [2.75, 3.05) is 5.75 Å². The molecule has 2 fully saturated rings. The Morgan fingerprint density at radius 1 is 1.24 bits per heavy atom. The number of rotatable bonds is 9. The lowest BCUT2D eigenvalue weighted by molar-refractivity contribution is -0.119. The molecule has 2 aliphatic heterocycles. The van der Waals surface area contributed by atoms with Crippen molar-refractivity contribution >= 4 is 23.6 Å². The summed E-state index contributed by atoms with van der Waals surface area (Å²) in [5.74, 6) is 2.13. The Labute approximate surface area is 132 Å². The summed E-state index contributed by atoms with van der Waals surface area (Å²) in [6.07, 6.45) is 6.86. The fourth-order valence-electron chi connectivity index (χ4n) is 3.14. The number of nitrogens with one attached hydrogen (secondary N) is 2. The van der Waals surface area contributed by atoms with Crippen molar-refractivity contribution in [2.45, 2.75) is 76.1 Å². The molecule has 2 saturated heterocycles. The minimum atomic E-state index is -0.0179. The van der Waals surface area contributed by atoms with Crippen molar-refractivity contribution in [3.8, 4) is 0 Å². The monoisotopic (exact) mass is 312 g/mol. The van der Waals surface area contributed by atoms with Crippen LogP contribution >= 0.6 is 11.8 Å². The van der Waals surface area contributed by atoms with Crippen LogP contribution in [0.25, 0.3) is 0 Å². The van der Waals surface area contributed by atoms with Gasteiger partial charge < -0.3 is 10.6 Å². The summed E-state index contributed by atoms with van der Waals surface area (Å²) >= 11 is 1.95. The topological polar surface area (TPSA) is 58.2 Å². The van der Waals surface area contributed by atoms with Crippen LogP contribution in [0.5, 0.6) is 0 Å². The molecule has 0 aromatic rings. The first-order valence-electron chi connectivity index (χ1n) is 8.26. The zero-order valence-electron chi connectivity index (χ0n) is 13.2.